The van der Waals surface area contributed by atoms with Crippen LogP contribution in [0.4, 0.5) is 0 Å². The van der Waals surface area contributed by atoms with Gasteiger partial charge in [-0.05, 0) is 35.7 Å². The topological polar surface area (TPSA) is 46.2 Å². The molecule has 0 aliphatic carbocycles. The van der Waals surface area contributed by atoms with E-state index in [-0.39, 0.29) is 5.91 Å². The summed E-state index contributed by atoms with van der Waals surface area (Å²) in [5.41, 5.74) is 0. The summed E-state index contributed by atoms with van der Waals surface area (Å²) in [6.45, 7) is 0. The van der Waals surface area contributed by atoms with Gasteiger partial charge < -0.3 is 0 Å². The molecule has 0 spiro atoms. The number of rotatable bonds is 4. The molecule has 3 rings (SSSR count). The van der Waals surface area contributed by atoms with Crippen LogP contribution >= 0.6 is 18.6 Å². The zero-order valence-electron chi connectivity index (χ0n) is 11.7. The molecule has 3 aromatic rings. The Bertz CT molecular complexity index is 758. The molecule has 0 saturated heterocycles. The first-order valence-corrected chi connectivity index (χ1v) is 9.36. The Morgan fingerprint density at radius 1 is 0.818 bits per heavy atom. The van der Waals surface area contributed by atoms with Gasteiger partial charge in [0.05, 0.1) is 4.88 Å². The number of carbonyl (C=O) groups excluding carboxylic acids is 1. The molecule has 2 aromatic carbocycles. The maximum atomic E-state index is 13.6. The number of benzene rings is 2. The van der Waals surface area contributed by atoms with E-state index in [2.05, 4.69) is 5.09 Å². The SMILES string of the molecule is O=C(NP(=O)(c1ccccc1)c1ccccc1)c1cccs1. The molecule has 0 bridgehead atoms. The predicted octanol–water partition coefficient (Wildman–Crippen LogP) is 3.41. The lowest BCUT2D eigenvalue weighted by molar-refractivity contribution is 0.0985. The van der Waals surface area contributed by atoms with Gasteiger partial charge in [-0.25, -0.2) is 0 Å². The molecule has 5 heteroatoms. The van der Waals surface area contributed by atoms with Crippen LogP contribution in [0.25, 0.3) is 0 Å². The molecule has 1 amide bonds. The van der Waals surface area contributed by atoms with E-state index in [0.29, 0.717) is 15.5 Å². The van der Waals surface area contributed by atoms with E-state index < -0.39 is 7.29 Å². The molecule has 110 valence electrons. The summed E-state index contributed by atoms with van der Waals surface area (Å²) in [5.74, 6) is -0.314. The van der Waals surface area contributed by atoms with Crippen molar-refractivity contribution < 1.29 is 9.36 Å². The van der Waals surface area contributed by atoms with E-state index in [1.807, 2.05) is 41.8 Å². The van der Waals surface area contributed by atoms with Crippen molar-refractivity contribution in [1.82, 2.24) is 5.09 Å². The Morgan fingerprint density at radius 2 is 1.36 bits per heavy atom. The Kier molecular flexibility index (Phi) is 4.23. The average Bonchev–Trinajstić information content (AvgIpc) is 3.11. The second-order valence-corrected chi connectivity index (χ2v) is 8.12. The van der Waals surface area contributed by atoms with E-state index in [1.165, 1.54) is 11.3 Å². The number of nitrogens with one attached hydrogen (secondary N) is 1. The van der Waals surface area contributed by atoms with E-state index in [0.717, 1.165) is 0 Å². The number of hydrogen-bond donors (Lipinski definition) is 1. The van der Waals surface area contributed by atoms with Gasteiger partial charge in [0, 0.05) is 10.6 Å². The molecular weight excluding hydrogens is 313 g/mol. The van der Waals surface area contributed by atoms with Crippen molar-refractivity contribution in [1.29, 1.82) is 0 Å². The van der Waals surface area contributed by atoms with Crippen LogP contribution < -0.4 is 15.7 Å². The van der Waals surface area contributed by atoms with Crippen molar-refractivity contribution in [2.75, 3.05) is 0 Å². The first-order chi connectivity index (χ1) is 10.7. The van der Waals surface area contributed by atoms with E-state index in [4.69, 9.17) is 0 Å². The summed E-state index contributed by atoms with van der Waals surface area (Å²) < 4.78 is 13.6. The van der Waals surface area contributed by atoms with Crippen LogP contribution in [0, 0.1) is 0 Å². The van der Waals surface area contributed by atoms with Crippen molar-refractivity contribution in [3.05, 3.63) is 83.1 Å². The Morgan fingerprint density at radius 3 is 1.82 bits per heavy atom. The summed E-state index contributed by atoms with van der Waals surface area (Å²) in [6, 6.07) is 21.7. The zero-order valence-corrected chi connectivity index (χ0v) is 13.4. The quantitative estimate of drug-likeness (QED) is 0.747. The molecule has 0 aliphatic rings. The maximum absolute atomic E-state index is 13.6. The monoisotopic (exact) mass is 327 g/mol. The Balaban J connectivity index is 2.05. The second-order valence-electron chi connectivity index (χ2n) is 4.70. The van der Waals surface area contributed by atoms with Gasteiger partial charge in [0.15, 0.2) is 0 Å². The molecule has 0 saturated carbocycles. The molecule has 22 heavy (non-hydrogen) atoms. The minimum Gasteiger partial charge on any atom is -0.295 e. The molecule has 0 aliphatic heterocycles. The fourth-order valence-corrected chi connectivity index (χ4v) is 5.00. The van der Waals surface area contributed by atoms with Crippen LogP contribution in [-0.4, -0.2) is 5.91 Å². The molecule has 0 atom stereocenters. The Labute approximate surface area is 133 Å². The summed E-state index contributed by atoms with van der Waals surface area (Å²) in [7, 11) is -3.21. The largest absolute Gasteiger partial charge is 0.295 e. The fraction of sp³-hybridized carbons (Fsp3) is 0. The molecule has 1 heterocycles. The normalized spacial score (nSPS) is 11.1. The third-order valence-corrected chi connectivity index (χ3v) is 6.68. The summed E-state index contributed by atoms with van der Waals surface area (Å²) in [5, 5.41) is 5.81. The zero-order chi connectivity index (χ0) is 15.4. The minimum atomic E-state index is -3.21. The van der Waals surface area contributed by atoms with Gasteiger partial charge in [-0.3, -0.25) is 14.4 Å². The number of amides is 1. The van der Waals surface area contributed by atoms with Crippen LogP contribution in [0.15, 0.2) is 78.2 Å². The van der Waals surface area contributed by atoms with Gasteiger partial charge in [0.25, 0.3) is 5.91 Å². The van der Waals surface area contributed by atoms with Crippen molar-refractivity contribution >= 4 is 35.1 Å². The van der Waals surface area contributed by atoms with E-state index >= 15 is 0 Å². The third-order valence-electron chi connectivity index (χ3n) is 3.24. The number of thiophene rings is 1. The maximum Gasteiger partial charge on any atom is 0.267 e. The number of hydrogen-bond acceptors (Lipinski definition) is 3. The smallest absolute Gasteiger partial charge is 0.267 e. The van der Waals surface area contributed by atoms with Gasteiger partial charge in [-0.15, -0.1) is 11.3 Å². The highest BCUT2D eigenvalue weighted by Gasteiger charge is 2.29. The lowest BCUT2D eigenvalue weighted by Gasteiger charge is -2.20. The highest BCUT2D eigenvalue weighted by molar-refractivity contribution is 7.77. The standard InChI is InChI=1S/C17H14NO2PS/c19-17(16-12-7-13-22-16)18-21(20,14-8-3-1-4-9-14)15-10-5-2-6-11-15/h1-13H,(H,18,19,20). The molecule has 1 N–H and O–H groups in total. The fourth-order valence-electron chi connectivity index (χ4n) is 2.16. The van der Waals surface area contributed by atoms with Gasteiger partial charge in [0.2, 0.25) is 7.29 Å². The molecule has 0 unspecified atom stereocenters. The molecule has 1 aromatic heterocycles. The lowest BCUT2D eigenvalue weighted by atomic mass is 10.4. The van der Waals surface area contributed by atoms with Gasteiger partial charge in [-0.1, -0.05) is 42.5 Å². The minimum absolute atomic E-state index is 0.314. The first-order valence-electron chi connectivity index (χ1n) is 6.77. The summed E-state index contributed by atoms with van der Waals surface area (Å²) in [4.78, 5) is 12.9. The molecule has 3 nitrogen and oxygen atoms in total. The highest BCUT2D eigenvalue weighted by atomic mass is 32.1. The molecule has 0 radical (unpaired) electrons. The third kappa shape index (κ3) is 2.89. The van der Waals surface area contributed by atoms with Gasteiger partial charge in [-0.2, -0.15) is 0 Å². The highest BCUT2D eigenvalue weighted by Crippen LogP contribution is 2.39. The first kappa shape index (κ1) is 14.8. The Hall–Kier alpha value is -2.16. The van der Waals surface area contributed by atoms with Crippen LogP contribution in [0.1, 0.15) is 9.67 Å². The molecule has 0 fully saturated rings. The summed E-state index contributed by atoms with van der Waals surface area (Å²) in [6.07, 6.45) is 0. The summed E-state index contributed by atoms with van der Waals surface area (Å²) >= 11 is 1.33. The van der Waals surface area contributed by atoms with Gasteiger partial charge in [0.1, 0.15) is 0 Å². The van der Waals surface area contributed by atoms with Crippen LogP contribution in [0.2, 0.25) is 0 Å². The predicted molar refractivity (Wildman–Crippen MR) is 91.5 cm³/mol. The molecular formula is C17H14NO2PS. The van der Waals surface area contributed by atoms with Gasteiger partial charge >= 0.3 is 0 Å². The number of carbonyl (C=O) groups is 1. The van der Waals surface area contributed by atoms with E-state index in [1.54, 1.807) is 36.4 Å². The van der Waals surface area contributed by atoms with Crippen molar-refractivity contribution in [2.45, 2.75) is 0 Å². The van der Waals surface area contributed by atoms with Crippen molar-refractivity contribution in [3.8, 4) is 0 Å². The lowest BCUT2D eigenvalue weighted by Crippen LogP contribution is -2.31. The van der Waals surface area contributed by atoms with Crippen LogP contribution in [0.5, 0.6) is 0 Å². The average molecular weight is 327 g/mol. The van der Waals surface area contributed by atoms with Crippen molar-refractivity contribution in [3.63, 3.8) is 0 Å². The second kappa shape index (κ2) is 6.30. The van der Waals surface area contributed by atoms with Crippen molar-refractivity contribution in [2.24, 2.45) is 0 Å². The van der Waals surface area contributed by atoms with E-state index in [9.17, 15) is 9.36 Å². The van der Waals surface area contributed by atoms with Crippen LogP contribution in [-0.2, 0) is 4.57 Å². The van der Waals surface area contributed by atoms with Crippen LogP contribution in [0.3, 0.4) is 0 Å².